The molecule has 1 aliphatic rings. The van der Waals surface area contributed by atoms with Gasteiger partial charge >= 0.3 is 0 Å². The van der Waals surface area contributed by atoms with Crippen LogP contribution in [0.2, 0.25) is 0 Å². The van der Waals surface area contributed by atoms with Crippen LogP contribution in [-0.4, -0.2) is 41.6 Å². The third kappa shape index (κ3) is 5.93. The summed E-state index contributed by atoms with van der Waals surface area (Å²) in [5.74, 6) is -1.13. The fourth-order valence-electron chi connectivity index (χ4n) is 4.93. The lowest BCUT2D eigenvalue weighted by Crippen LogP contribution is -2.29. The number of ether oxygens (including phenoxy) is 1. The van der Waals surface area contributed by atoms with Crippen molar-refractivity contribution >= 4 is 28.8 Å². The zero-order valence-electron chi connectivity index (χ0n) is 22.8. The maximum Gasteiger partial charge on any atom is 0.300 e. The second kappa shape index (κ2) is 12.5. The van der Waals surface area contributed by atoms with Gasteiger partial charge in [0.15, 0.2) is 0 Å². The summed E-state index contributed by atoms with van der Waals surface area (Å²) < 4.78 is 5.77. The third-order valence-electron chi connectivity index (χ3n) is 7.03. The first-order chi connectivity index (χ1) is 18.9. The highest BCUT2D eigenvalue weighted by atomic mass is 16.5. The first-order valence-electron chi connectivity index (χ1n) is 13.6. The van der Waals surface area contributed by atoms with Crippen LogP contribution < -0.4 is 14.5 Å². The van der Waals surface area contributed by atoms with Gasteiger partial charge in [0.25, 0.3) is 11.7 Å². The van der Waals surface area contributed by atoms with Crippen molar-refractivity contribution in [2.24, 2.45) is 0 Å². The molecule has 204 valence electrons. The standard InChI is InChI=1S/C32H36N2O5/c1-4-7-8-20-39-27-18-12-22(13-19-27)30(36)28-29(23-10-9-11-26(35)21-23)34(32(38)31(28)37)25-16-14-24(15-17-25)33(5-2)6-3/h9-19,21,29,35-36H,4-8,20H2,1-3H3/b30-28-. The van der Waals surface area contributed by atoms with Crippen LogP contribution in [0.15, 0.2) is 78.4 Å². The SMILES string of the molecule is CCCCCOc1ccc(/C(O)=C2/C(=O)C(=O)N(c3ccc(N(CC)CC)cc3)C2c2cccc(O)c2)cc1. The number of anilines is 2. The quantitative estimate of drug-likeness (QED) is 0.129. The van der Waals surface area contributed by atoms with E-state index in [2.05, 4.69) is 25.7 Å². The second-order valence-electron chi connectivity index (χ2n) is 9.53. The highest BCUT2D eigenvalue weighted by Gasteiger charge is 2.47. The number of phenolic OH excluding ortho intramolecular Hbond substituents is 1. The van der Waals surface area contributed by atoms with Gasteiger partial charge in [0.2, 0.25) is 0 Å². The van der Waals surface area contributed by atoms with Crippen molar-refractivity contribution in [2.75, 3.05) is 29.5 Å². The number of phenols is 1. The molecular formula is C32H36N2O5. The average molecular weight is 529 g/mol. The third-order valence-corrected chi connectivity index (χ3v) is 7.03. The summed E-state index contributed by atoms with van der Waals surface area (Å²) in [6.45, 7) is 8.56. The molecule has 1 heterocycles. The number of hydrogen-bond acceptors (Lipinski definition) is 6. The van der Waals surface area contributed by atoms with Crippen LogP contribution >= 0.6 is 0 Å². The van der Waals surface area contributed by atoms with Crippen LogP contribution in [0.25, 0.3) is 5.76 Å². The fourth-order valence-corrected chi connectivity index (χ4v) is 4.93. The Morgan fingerprint density at radius 1 is 0.923 bits per heavy atom. The predicted octanol–water partition coefficient (Wildman–Crippen LogP) is 6.43. The van der Waals surface area contributed by atoms with E-state index in [0.29, 0.717) is 29.2 Å². The molecular weight excluding hydrogens is 492 g/mol. The number of nitrogens with zero attached hydrogens (tertiary/aromatic N) is 2. The van der Waals surface area contributed by atoms with Crippen molar-refractivity contribution in [2.45, 2.75) is 46.1 Å². The zero-order valence-corrected chi connectivity index (χ0v) is 22.8. The van der Waals surface area contributed by atoms with E-state index in [0.717, 1.165) is 38.0 Å². The van der Waals surface area contributed by atoms with Crippen LogP contribution in [0.3, 0.4) is 0 Å². The molecule has 0 aliphatic carbocycles. The van der Waals surface area contributed by atoms with Gasteiger partial charge in [-0.15, -0.1) is 0 Å². The molecule has 1 amide bonds. The predicted molar refractivity (Wildman–Crippen MR) is 154 cm³/mol. The minimum atomic E-state index is -0.915. The Kier molecular flexibility index (Phi) is 8.92. The van der Waals surface area contributed by atoms with Crippen LogP contribution in [0.4, 0.5) is 11.4 Å². The van der Waals surface area contributed by atoms with E-state index in [9.17, 15) is 19.8 Å². The summed E-state index contributed by atoms with van der Waals surface area (Å²) in [7, 11) is 0. The maximum atomic E-state index is 13.4. The maximum absolute atomic E-state index is 13.4. The molecule has 2 N–H and O–H groups in total. The van der Waals surface area contributed by atoms with Crippen LogP contribution in [0, 0.1) is 0 Å². The number of carbonyl (C=O) groups is 2. The Hall–Kier alpha value is -4.26. The first kappa shape index (κ1) is 27.8. The lowest BCUT2D eigenvalue weighted by atomic mass is 9.95. The number of carbonyl (C=O) groups excluding carboxylic acids is 2. The molecule has 3 aromatic carbocycles. The summed E-state index contributed by atoms with van der Waals surface area (Å²) in [5, 5.41) is 21.6. The summed E-state index contributed by atoms with van der Waals surface area (Å²) in [5.41, 5.74) is 2.41. The number of rotatable bonds is 11. The Morgan fingerprint density at radius 2 is 1.62 bits per heavy atom. The van der Waals surface area contributed by atoms with E-state index in [1.165, 1.54) is 17.0 Å². The number of hydrogen-bond donors (Lipinski definition) is 2. The molecule has 0 spiro atoms. The lowest BCUT2D eigenvalue weighted by Gasteiger charge is -2.27. The van der Waals surface area contributed by atoms with Gasteiger partial charge in [0, 0.05) is 30.0 Å². The molecule has 0 radical (unpaired) electrons. The molecule has 1 saturated heterocycles. The van der Waals surface area contributed by atoms with E-state index in [-0.39, 0.29) is 17.1 Å². The molecule has 1 fully saturated rings. The summed E-state index contributed by atoms with van der Waals surface area (Å²) in [4.78, 5) is 30.4. The molecule has 1 unspecified atom stereocenters. The second-order valence-corrected chi connectivity index (χ2v) is 9.53. The van der Waals surface area contributed by atoms with Crippen LogP contribution in [-0.2, 0) is 9.59 Å². The molecule has 7 heteroatoms. The van der Waals surface area contributed by atoms with Crippen molar-refractivity contribution in [1.82, 2.24) is 0 Å². The number of aromatic hydroxyl groups is 1. The Morgan fingerprint density at radius 3 is 2.23 bits per heavy atom. The molecule has 7 nitrogen and oxygen atoms in total. The van der Waals surface area contributed by atoms with E-state index >= 15 is 0 Å². The van der Waals surface area contributed by atoms with E-state index < -0.39 is 17.7 Å². The molecule has 0 saturated carbocycles. The van der Waals surface area contributed by atoms with Gasteiger partial charge in [-0.1, -0.05) is 31.9 Å². The smallest absolute Gasteiger partial charge is 0.300 e. The van der Waals surface area contributed by atoms with Crippen molar-refractivity contribution in [1.29, 1.82) is 0 Å². The molecule has 1 aliphatic heterocycles. The van der Waals surface area contributed by atoms with Gasteiger partial charge in [0.1, 0.15) is 17.3 Å². The molecule has 1 atom stereocenters. The fraction of sp³-hybridized carbons (Fsp3) is 0.312. The number of benzene rings is 3. The van der Waals surface area contributed by atoms with Crippen LogP contribution in [0.1, 0.15) is 57.2 Å². The topological polar surface area (TPSA) is 90.3 Å². The van der Waals surface area contributed by atoms with Gasteiger partial charge < -0.3 is 19.8 Å². The number of aliphatic hydroxyl groups is 1. The van der Waals surface area contributed by atoms with Gasteiger partial charge in [-0.3, -0.25) is 14.5 Å². The van der Waals surface area contributed by atoms with Crippen molar-refractivity contribution in [3.8, 4) is 11.5 Å². The summed E-state index contributed by atoms with van der Waals surface area (Å²) in [6, 6.07) is 19.8. The molecule has 0 aromatic heterocycles. The lowest BCUT2D eigenvalue weighted by molar-refractivity contribution is -0.132. The molecule has 0 bridgehead atoms. The first-order valence-corrected chi connectivity index (χ1v) is 13.6. The monoisotopic (exact) mass is 528 g/mol. The van der Waals surface area contributed by atoms with Crippen molar-refractivity contribution in [3.63, 3.8) is 0 Å². The Bertz CT molecular complexity index is 1330. The number of Topliss-reactive ketones (excluding diaryl/α,β-unsaturated/α-hetero) is 1. The summed E-state index contributed by atoms with van der Waals surface area (Å²) >= 11 is 0. The van der Waals surface area contributed by atoms with Gasteiger partial charge in [-0.25, -0.2) is 0 Å². The Labute approximate surface area is 230 Å². The number of amides is 1. The number of unbranched alkanes of at least 4 members (excludes halogenated alkanes) is 2. The molecule has 3 aromatic rings. The molecule has 4 rings (SSSR count). The van der Waals surface area contributed by atoms with Crippen molar-refractivity contribution in [3.05, 3.63) is 89.5 Å². The zero-order chi connectivity index (χ0) is 27.9. The van der Waals surface area contributed by atoms with Crippen LogP contribution in [0.5, 0.6) is 11.5 Å². The van der Waals surface area contributed by atoms with Crippen molar-refractivity contribution < 1.29 is 24.5 Å². The van der Waals surface area contributed by atoms with E-state index in [1.807, 2.05) is 12.1 Å². The highest BCUT2D eigenvalue weighted by Crippen LogP contribution is 2.43. The number of aliphatic hydroxyl groups excluding tert-OH is 1. The minimum Gasteiger partial charge on any atom is -0.508 e. The van der Waals surface area contributed by atoms with Gasteiger partial charge in [-0.2, -0.15) is 0 Å². The van der Waals surface area contributed by atoms with E-state index in [4.69, 9.17) is 4.74 Å². The molecule has 39 heavy (non-hydrogen) atoms. The average Bonchev–Trinajstić information content (AvgIpc) is 3.22. The number of ketones is 1. The normalized spacial score (nSPS) is 16.5. The Balaban J connectivity index is 1.74. The minimum absolute atomic E-state index is 0.000422. The highest BCUT2D eigenvalue weighted by molar-refractivity contribution is 6.51. The van der Waals surface area contributed by atoms with Gasteiger partial charge in [0.05, 0.1) is 18.2 Å². The van der Waals surface area contributed by atoms with Gasteiger partial charge in [-0.05, 0) is 86.5 Å². The largest absolute Gasteiger partial charge is 0.508 e. The summed E-state index contributed by atoms with van der Waals surface area (Å²) in [6.07, 6.45) is 3.15. The van der Waals surface area contributed by atoms with E-state index in [1.54, 1.807) is 48.5 Å².